The van der Waals surface area contributed by atoms with Crippen molar-refractivity contribution in [3.63, 3.8) is 0 Å². The van der Waals surface area contributed by atoms with Crippen LogP contribution in [0.3, 0.4) is 0 Å². The summed E-state index contributed by atoms with van der Waals surface area (Å²) in [4.78, 5) is 29.1. The molecule has 1 heterocycles. The van der Waals surface area contributed by atoms with Gasteiger partial charge in [0.1, 0.15) is 6.04 Å². The SMILES string of the molecule is COc1ccc(NC(=O)C(CC(C)C)NC(=O)c2ccc(Cl)cc2)cn1. The average molecular weight is 376 g/mol. The molecule has 1 aromatic carbocycles. The van der Waals surface area contributed by atoms with Crippen molar-refractivity contribution in [2.45, 2.75) is 26.3 Å². The Hall–Kier alpha value is -2.60. The van der Waals surface area contributed by atoms with E-state index in [1.165, 1.54) is 13.3 Å². The molecule has 1 atom stereocenters. The van der Waals surface area contributed by atoms with Crippen molar-refractivity contribution in [3.8, 4) is 5.88 Å². The molecule has 6 nitrogen and oxygen atoms in total. The fraction of sp³-hybridized carbons (Fsp3) is 0.316. The van der Waals surface area contributed by atoms with Gasteiger partial charge >= 0.3 is 0 Å². The summed E-state index contributed by atoms with van der Waals surface area (Å²) in [6, 6.07) is 9.19. The third-order valence-corrected chi connectivity index (χ3v) is 3.90. The number of amides is 2. The summed E-state index contributed by atoms with van der Waals surface area (Å²) in [5, 5.41) is 6.11. The highest BCUT2D eigenvalue weighted by molar-refractivity contribution is 6.30. The Bertz CT molecular complexity index is 746. The van der Waals surface area contributed by atoms with Crippen molar-refractivity contribution >= 4 is 29.1 Å². The molecule has 1 unspecified atom stereocenters. The Kier molecular flexibility index (Phi) is 6.97. The van der Waals surface area contributed by atoms with Gasteiger partial charge in [-0.15, -0.1) is 0 Å². The second-order valence-corrected chi connectivity index (χ2v) is 6.68. The van der Waals surface area contributed by atoms with E-state index in [0.29, 0.717) is 28.6 Å². The van der Waals surface area contributed by atoms with Gasteiger partial charge in [-0.25, -0.2) is 4.98 Å². The normalized spacial score (nSPS) is 11.7. The smallest absolute Gasteiger partial charge is 0.251 e. The number of methoxy groups -OCH3 is 1. The van der Waals surface area contributed by atoms with Crippen LogP contribution in [0.1, 0.15) is 30.6 Å². The molecule has 26 heavy (non-hydrogen) atoms. The van der Waals surface area contributed by atoms with Crippen molar-refractivity contribution in [1.82, 2.24) is 10.3 Å². The van der Waals surface area contributed by atoms with Crippen LogP contribution >= 0.6 is 11.6 Å². The van der Waals surface area contributed by atoms with Crippen LogP contribution < -0.4 is 15.4 Å². The highest BCUT2D eigenvalue weighted by atomic mass is 35.5. The number of carbonyl (C=O) groups is 2. The lowest BCUT2D eigenvalue weighted by molar-refractivity contribution is -0.118. The minimum Gasteiger partial charge on any atom is -0.481 e. The third kappa shape index (κ3) is 5.74. The molecule has 2 aromatic rings. The molecule has 0 aliphatic heterocycles. The van der Waals surface area contributed by atoms with Crippen LogP contribution in [0.4, 0.5) is 5.69 Å². The number of ether oxygens (including phenoxy) is 1. The Morgan fingerprint density at radius 2 is 1.85 bits per heavy atom. The van der Waals surface area contributed by atoms with E-state index in [-0.39, 0.29) is 17.7 Å². The van der Waals surface area contributed by atoms with Gasteiger partial charge in [-0.3, -0.25) is 9.59 Å². The van der Waals surface area contributed by atoms with Gasteiger partial charge in [0.05, 0.1) is 19.0 Å². The summed E-state index contributed by atoms with van der Waals surface area (Å²) < 4.78 is 4.99. The molecule has 0 saturated carbocycles. The first-order valence-electron chi connectivity index (χ1n) is 8.26. The summed E-state index contributed by atoms with van der Waals surface area (Å²) in [5.41, 5.74) is 0.979. The maximum atomic E-state index is 12.6. The van der Waals surface area contributed by atoms with Crippen LogP contribution in [0.25, 0.3) is 0 Å². The van der Waals surface area contributed by atoms with Gasteiger partial charge in [0.2, 0.25) is 11.8 Å². The molecule has 0 aliphatic rings. The van der Waals surface area contributed by atoms with Crippen LogP contribution in [0.15, 0.2) is 42.6 Å². The van der Waals surface area contributed by atoms with Crippen LogP contribution in [0.2, 0.25) is 5.02 Å². The van der Waals surface area contributed by atoms with Crippen molar-refractivity contribution in [2.24, 2.45) is 5.92 Å². The van der Waals surface area contributed by atoms with Gasteiger partial charge in [-0.2, -0.15) is 0 Å². The molecule has 138 valence electrons. The first-order chi connectivity index (χ1) is 12.4. The minimum atomic E-state index is -0.666. The summed E-state index contributed by atoms with van der Waals surface area (Å²) in [6.45, 7) is 3.98. The first-order valence-corrected chi connectivity index (χ1v) is 8.64. The van der Waals surface area contributed by atoms with E-state index in [2.05, 4.69) is 15.6 Å². The quantitative estimate of drug-likeness (QED) is 0.775. The van der Waals surface area contributed by atoms with Crippen LogP contribution in [-0.2, 0) is 4.79 Å². The summed E-state index contributed by atoms with van der Waals surface area (Å²) in [5.74, 6) is 0.0614. The van der Waals surface area contributed by atoms with Crippen molar-refractivity contribution in [3.05, 3.63) is 53.2 Å². The largest absolute Gasteiger partial charge is 0.481 e. The second-order valence-electron chi connectivity index (χ2n) is 6.24. The van der Waals surface area contributed by atoms with Crippen molar-refractivity contribution in [2.75, 3.05) is 12.4 Å². The van der Waals surface area contributed by atoms with E-state index in [1.54, 1.807) is 36.4 Å². The van der Waals surface area contributed by atoms with E-state index >= 15 is 0 Å². The van der Waals surface area contributed by atoms with E-state index in [1.807, 2.05) is 13.8 Å². The highest BCUT2D eigenvalue weighted by Gasteiger charge is 2.22. The van der Waals surface area contributed by atoms with Crippen molar-refractivity contribution < 1.29 is 14.3 Å². The summed E-state index contributed by atoms with van der Waals surface area (Å²) >= 11 is 5.84. The molecule has 2 N–H and O–H groups in total. The topological polar surface area (TPSA) is 80.3 Å². The maximum absolute atomic E-state index is 12.6. The lowest BCUT2D eigenvalue weighted by Gasteiger charge is -2.20. The zero-order valence-electron chi connectivity index (χ0n) is 15.0. The van der Waals surface area contributed by atoms with Gasteiger partial charge in [0, 0.05) is 16.7 Å². The zero-order chi connectivity index (χ0) is 19.1. The Labute approximate surface area is 157 Å². The van der Waals surface area contributed by atoms with Gasteiger partial charge in [-0.05, 0) is 42.7 Å². The van der Waals surface area contributed by atoms with Crippen LogP contribution in [0, 0.1) is 5.92 Å². The molecule has 0 radical (unpaired) electrons. The highest BCUT2D eigenvalue weighted by Crippen LogP contribution is 2.14. The van der Waals surface area contributed by atoms with Crippen LogP contribution in [0.5, 0.6) is 5.88 Å². The van der Waals surface area contributed by atoms with E-state index in [0.717, 1.165) is 0 Å². The number of hydrogen-bond donors (Lipinski definition) is 2. The average Bonchev–Trinajstić information content (AvgIpc) is 2.62. The number of nitrogens with one attached hydrogen (secondary N) is 2. The molecular weight excluding hydrogens is 354 g/mol. The van der Waals surface area contributed by atoms with Gasteiger partial charge in [-0.1, -0.05) is 25.4 Å². The van der Waals surface area contributed by atoms with E-state index in [4.69, 9.17) is 16.3 Å². The van der Waals surface area contributed by atoms with E-state index in [9.17, 15) is 9.59 Å². The minimum absolute atomic E-state index is 0.227. The van der Waals surface area contributed by atoms with Crippen molar-refractivity contribution in [1.29, 1.82) is 0 Å². The zero-order valence-corrected chi connectivity index (χ0v) is 15.7. The molecule has 1 aromatic heterocycles. The monoisotopic (exact) mass is 375 g/mol. The molecule has 0 aliphatic carbocycles. The summed E-state index contributed by atoms with van der Waals surface area (Å²) in [6.07, 6.45) is 2.01. The maximum Gasteiger partial charge on any atom is 0.251 e. The lowest BCUT2D eigenvalue weighted by Crippen LogP contribution is -2.44. The Balaban J connectivity index is 2.08. The Morgan fingerprint density at radius 3 is 2.38 bits per heavy atom. The number of pyridine rings is 1. The molecular formula is C19H22ClN3O3. The number of rotatable bonds is 7. The van der Waals surface area contributed by atoms with Gasteiger partial charge < -0.3 is 15.4 Å². The lowest BCUT2D eigenvalue weighted by atomic mass is 10.0. The summed E-state index contributed by atoms with van der Waals surface area (Å²) in [7, 11) is 1.52. The van der Waals surface area contributed by atoms with E-state index < -0.39 is 6.04 Å². The standard InChI is InChI=1S/C19H22ClN3O3/c1-12(2)10-16(23-18(24)13-4-6-14(20)7-5-13)19(25)22-15-8-9-17(26-3)21-11-15/h4-9,11-12,16H,10H2,1-3H3,(H,22,25)(H,23,24). The Morgan fingerprint density at radius 1 is 1.15 bits per heavy atom. The number of anilines is 1. The number of benzene rings is 1. The van der Waals surface area contributed by atoms with Gasteiger partial charge in [0.15, 0.2) is 0 Å². The third-order valence-electron chi connectivity index (χ3n) is 3.65. The number of hydrogen-bond acceptors (Lipinski definition) is 4. The molecule has 0 spiro atoms. The first kappa shape index (κ1) is 19.7. The molecule has 7 heteroatoms. The van der Waals surface area contributed by atoms with Gasteiger partial charge in [0.25, 0.3) is 5.91 Å². The fourth-order valence-electron chi connectivity index (χ4n) is 2.35. The predicted molar refractivity (Wildman–Crippen MR) is 102 cm³/mol. The number of nitrogens with zero attached hydrogens (tertiary/aromatic N) is 1. The molecule has 0 fully saturated rings. The molecule has 0 saturated heterocycles. The number of aromatic nitrogens is 1. The van der Waals surface area contributed by atoms with Crippen LogP contribution in [-0.4, -0.2) is 29.9 Å². The second kappa shape index (κ2) is 9.20. The number of halogens is 1. The predicted octanol–water partition coefficient (Wildman–Crippen LogP) is 3.53. The molecule has 0 bridgehead atoms. The number of carbonyl (C=O) groups excluding carboxylic acids is 2. The molecule has 2 amide bonds. The fourth-order valence-corrected chi connectivity index (χ4v) is 2.48. The molecule has 2 rings (SSSR count).